The molecule has 140 valence electrons. The zero-order chi connectivity index (χ0) is 19.2. The third-order valence-corrected chi connectivity index (χ3v) is 4.25. The number of aryl methyl sites for hydroxylation is 1. The average Bonchev–Trinajstić information content (AvgIpc) is 3.16. The van der Waals surface area contributed by atoms with Gasteiger partial charge >= 0.3 is 0 Å². The number of nitrogens with one attached hydrogen (secondary N) is 1. The van der Waals surface area contributed by atoms with Gasteiger partial charge in [-0.1, -0.05) is 55.4 Å². The van der Waals surface area contributed by atoms with Crippen molar-refractivity contribution in [3.8, 4) is 17.1 Å². The van der Waals surface area contributed by atoms with Crippen molar-refractivity contribution in [1.82, 2.24) is 10.1 Å². The van der Waals surface area contributed by atoms with E-state index in [0.717, 1.165) is 5.56 Å². The molecule has 6 heteroatoms. The highest BCUT2D eigenvalue weighted by molar-refractivity contribution is 5.92. The lowest BCUT2D eigenvalue weighted by Crippen LogP contribution is -2.13. The second kappa shape index (κ2) is 8.49. The van der Waals surface area contributed by atoms with Gasteiger partial charge in [-0.15, -0.1) is 0 Å². The van der Waals surface area contributed by atoms with E-state index in [9.17, 15) is 4.79 Å². The molecule has 0 unspecified atom stereocenters. The van der Waals surface area contributed by atoms with E-state index in [-0.39, 0.29) is 12.3 Å². The molecule has 2 aromatic carbocycles. The Balaban J connectivity index is 1.58. The Kier molecular flexibility index (Phi) is 5.86. The molecule has 3 aromatic rings. The number of carbonyl (C=O) groups is 1. The molecule has 0 bridgehead atoms. The van der Waals surface area contributed by atoms with Gasteiger partial charge in [-0.3, -0.25) is 4.79 Å². The fourth-order valence-electron chi connectivity index (χ4n) is 2.67. The summed E-state index contributed by atoms with van der Waals surface area (Å²) in [4.78, 5) is 16.6. The molecule has 0 radical (unpaired) electrons. The number of aromatic nitrogens is 2. The Hall–Kier alpha value is -3.15. The molecule has 1 amide bonds. The number of benzene rings is 2. The van der Waals surface area contributed by atoms with E-state index in [0.29, 0.717) is 35.5 Å². The Labute approximate surface area is 158 Å². The van der Waals surface area contributed by atoms with Crippen LogP contribution in [0, 0.1) is 0 Å². The van der Waals surface area contributed by atoms with Gasteiger partial charge < -0.3 is 14.6 Å². The van der Waals surface area contributed by atoms with Gasteiger partial charge in [0.2, 0.25) is 17.6 Å². The summed E-state index contributed by atoms with van der Waals surface area (Å²) in [5.41, 5.74) is 2.80. The topological polar surface area (TPSA) is 77.2 Å². The predicted octanol–water partition coefficient (Wildman–Crippen LogP) is 4.44. The first-order valence-corrected chi connectivity index (χ1v) is 8.92. The fourth-order valence-corrected chi connectivity index (χ4v) is 2.67. The number of hydrogen-bond acceptors (Lipinski definition) is 5. The third-order valence-electron chi connectivity index (χ3n) is 4.25. The van der Waals surface area contributed by atoms with Gasteiger partial charge in [0.15, 0.2) is 0 Å². The summed E-state index contributed by atoms with van der Waals surface area (Å²) in [6.45, 7) is 4.30. The van der Waals surface area contributed by atoms with E-state index in [1.807, 2.05) is 24.3 Å². The smallest absolute Gasteiger partial charge is 0.227 e. The number of anilines is 1. The molecule has 27 heavy (non-hydrogen) atoms. The standard InChI is InChI=1S/C21H23N3O3/c1-14(2)15-8-10-16(11-9-15)21-23-20(27-24-21)13-12-19(25)22-17-6-4-5-7-18(17)26-3/h4-11,14H,12-13H2,1-3H3,(H,22,25). The number of hydrogen-bond donors (Lipinski definition) is 1. The van der Waals surface area contributed by atoms with Crippen molar-refractivity contribution in [1.29, 1.82) is 0 Å². The molecule has 6 nitrogen and oxygen atoms in total. The number of rotatable bonds is 7. The van der Waals surface area contributed by atoms with Crippen LogP contribution in [0.4, 0.5) is 5.69 Å². The van der Waals surface area contributed by atoms with Gasteiger partial charge in [-0.25, -0.2) is 0 Å². The summed E-state index contributed by atoms with van der Waals surface area (Å²) in [5.74, 6) is 1.93. The minimum atomic E-state index is -0.138. The molecule has 1 heterocycles. The molecule has 0 atom stereocenters. The Morgan fingerprint density at radius 1 is 1.15 bits per heavy atom. The highest BCUT2D eigenvalue weighted by Gasteiger charge is 2.12. The molecule has 0 fully saturated rings. The largest absolute Gasteiger partial charge is 0.495 e. The minimum Gasteiger partial charge on any atom is -0.495 e. The lowest BCUT2D eigenvalue weighted by molar-refractivity contribution is -0.116. The third kappa shape index (κ3) is 4.73. The van der Waals surface area contributed by atoms with Crippen LogP contribution in [0.2, 0.25) is 0 Å². The van der Waals surface area contributed by atoms with Crippen LogP contribution in [0.25, 0.3) is 11.4 Å². The molecule has 0 aliphatic rings. The summed E-state index contributed by atoms with van der Waals surface area (Å²) in [7, 11) is 1.57. The van der Waals surface area contributed by atoms with Crippen LogP contribution in [0.15, 0.2) is 53.1 Å². The molecular weight excluding hydrogens is 342 g/mol. The summed E-state index contributed by atoms with van der Waals surface area (Å²) in [6, 6.07) is 15.4. The predicted molar refractivity (Wildman–Crippen MR) is 104 cm³/mol. The van der Waals surface area contributed by atoms with Crippen molar-refractivity contribution in [3.63, 3.8) is 0 Å². The second-order valence-electron chi connectivity index (χ2n) is 6.54. The summed E-state index contributed by atoms with van der Waals surface area (Å²) in [6.07, 6.45) is 0.615. The van der Waals surface area contributed by atoms with Gasteiger partial charge in [0.1, 0.15) is 5.75 Å². The lowest BCUT2D eigenvalue weighted by atomic mass is 10.0. The van der Waals surface area contributed by atoms with E-state index in [1.165, 1.54) is 5.56 Å². The van der Waals surface area contributed by atoms with Gasteiger partial charge in [0.25, 0.3) is 0 Å². The molecule has 0 aliphatic heterocycles. The van der Waals surface area contributed by atoms with E-state index < -0.39 is 0 Å². The molecule has 0 aliphatic carbocycles. The molecule has 3 rings (SSSR count). The summed E-state index contributed by atoms with van der Waals surface area (Å²) >= 11 is 0. The highest BCUT2D eigenvalue weighted by atomic mass is 16.5. The van der Waals surface area contributed by atoms with Crippen LogP contribution in [0.3, 0.4) is 0 Å². The second-order valence-corrected chi connectivity index (χ2v) is 6.54. The van der Waals surface area contributed by atoms with Crippen LogP contribution < -0.4 is 10.1 Å². The van der Waals surface area contributed by atoms with E-state index >= 15 is 0 Å². The maximum absolute atomic E-state index is 12.2. The molecule has 0 spiro atoms. The first-order chi connectivity index (χ1) is 13.1. The minimum absolute atomic E-state index is 0.138. The molecule has 0 saturated heterocycles. The molecule has 0 saturated carbocycles. The first-order valence-electron chi connectivity index (χ1n) is 8.92. The number of nitrogens with zero attached hydrogens (tertiary/aromatic N) is 2. The van der Waals surface area contributed by atoms with Crippen LogP contribution in [-0.2, 0) is 11.2 Å². The zero-order valence-electron chi connectivity index (χ0n) is 15.7. The van der Waals surface area contributed by atoms with E-state index in [4.69, 9.17) is 9.26 Å². The van der Waals surface area contributed by atoms with Crippen molar-refractivity contribution < 1.29 is 14.1 Å². The van der Waals surface area contributed by atoms with Gasteiger partial charge in [0.05, 0.1) is 12.8 Å². The summed E-state index contributed by atoms with van der Waals surface area (Å²) in [5, 5.41) is 6.85. The number of para-hydroxylation sites is 2. The van der Waals surface area contributed by atoms with Crippen molar-refractivity contribution in [2.45, 2.75) is 32.6 Å². The van der Waals surface area contributed by atoms with Gasteiger partial charge in [-0.2, -0.15) is 4.98 Å². The van der Waals surface area contributed by atoms with E-state index in [1.54, 1.807) is 19.2 Å². The molecule has 1 N–H and O–H groups in total. The van der Waals surface area contributed by atoms with Crippen molar-refractivity contribution in [2.24, 2.45) is 0 Å². The van der Waals surface area contributed by atoms with Crippen LogP contribution >= 0.6 is 0 Å². The first kappa shape index (κ1) is 18.6. The van der Waals surface area contributed by atoms with Crippen LogP contribution in [0.5, 0.6) is 5.75 Å². The SMILES string of the molecule is COc1ccccc1NC(=O)CCc1nc(-c2ccc(C(C)C)cc2)no1. The van der Waals surface area contributed by atoms with Gasteiger partial charge in [-0.05, 0) is 23.6 Å². The van der Waals surface area contributed by atoms with Crippen LogP contribution in [0.1, 0.15) is 37.6 Å². The maximum atomic E-state index is 12.2. The fraction of sp³-hybridized carbons (Fsp3) is 0.286. The van der Waals surface area contributed by atoms with E-state index in [2.05, 4.69) is 41.4 Å². The Morgan fingerprint density at radius 2 is 1.89 bits per heavy atom. The average molecular weight is 365 g/mol. The van der Waals surface area contributed by atoms with Crippen molar-refractivity contribution in [3.05, 3.63) is 60.0 Å². The normalized spacial score (nSPS) is 10.8. The van der Waals surface area contributed by atoms with Crippen molar-refractivity contribution in [2.75, 3.05) is 12.4 Å². The Morgan fingerprint density at radius 3 is 2.59 bits per heavy atom. The number of ether oxygens (including phenoxy) is 1. The lowest BCUT2D eigenvalue weighted by Gasteiger charge is -2.08. The Bertz CT molecular complexity index is 901. The van der Waals surface area contributed by atoms with Gasteiger partial charge in [0, 0.05) is 18.4 Å². The van der Waals surface area contributed by atoms with Crippen LogP contribution in [-0.4, -0.2) is 23.2 Å². The molecule has 1 aromatic heterocycles. The number of carbonyl (C=O) groups excluding carboxylic acids is 1. The number of amides is 1. The summed E-state index contributed by atoms with van der Waals surface area (Å²) < 4.78 is 10.5. The highest BCUT2D eigenvalue weighted by Crippen LogP contribution is 2.23. The maximum Gasteiger partial charge on any atom is 0.227 e. The zero-order valence-corrected chi connectivity index (χ0v) is 15.7. The quantitative estimate of drug-likeness (QED) is 0.670. The monoisotopic (exact) mass is 365 g/mol. The number of methoxy groups -OCH3 is 1. The van der Waals surface area contributed by atoms with Crippen molar-refractivity contribution >= 4 is 11.6 Å². The molecular formula is C21H23N3O3.